The van der Waals surface area contributed by atoms with Crippen molar-refractivity contribution in [1.29, 1.82) is 5.26 Å². The number of aromatic nitrogens is 3. The number of pyridine rings is 1. The Labute approximate surface area is 116 Å². The van der Waals surface area contributed by atoms with E-state index < -0.39 is 5.97 Å². The van der Waals surface area contributed by atoms with Gasteiger partial charge < -0.3 is 5.11 Å². The number of nitriles is 1. The smallest absolute Gasteiger partial charge is 0.307 e. The van der Waals surface area contributed by atoms with Gasteiger partial charge in [-0.3, -0.25) is 9.48 Å². The van der Waals surface area contributed by atoms with Gasteiger partial charge in [0.25, 0.3) is 0 Å². The number of aryl methyl sites for hydroxylation is 1. The number of nitrogens with zero attached hydrogens (tertiary/aromatic N) is 4. The zero-order chi connectivity index (χ0) is 14.7. The van der Waals surface area contributed by atoms with Gasteiger partial charge in [0, 0.05) is 23.0 Å². The summed E-state index contributed by atoms with van der Waals surface area (Å²) in [4.78, 5) is 14.9. The number of aliphatic carboxylic acids is 1. The van der Waals surface area contributed by atoms with Gasteiger partial charge >= 0.3 is 5.97 Å². The maximum atomic E-state index is 10.9. The number of carboxylic acids is 1. The van der Waals surface area contributed by atoms with E-state index in [0.29, 0.717) is 17.9 Å². The normalized spacial score (nSPS) is 10.2. The summed E-state index contributed by atoms with van der Waals surface area (Å²) in [7, 11) is 0. The molecule has 102 valence electrons. The lowest BCUT2D eigenvalue weighted by atomic mass is 10.1. The molecule has 0 radical (unpaired) electrons. The molecule has 2 aromatic rings. The molecule has 0 aliphatic carbocycles. The number of rotatable bonds is 4. The van der Waals surface area contributed by atoms with Crippen LogP contribution in [0.15, 0.2) is 18.3 Å². The molecule has 2 aromatic heterocycles. The maximum Gasteiger partial charge on any atom is 0.307 e. The molecule has 2 rings (SSSR count). The lowest BCUT2D eigenvalue weighted by Crippen LogP contribution is -2.07. The third kappa shape index (κ3) is 2.67. The SMILES string of the molecule is Cc1nn(Cc2cccnc2C#N)c(C)c1CC(=O)O. The zero-order valence-corrected chi connectivity index (χ0v) is 11.3. The van der Waals surface area contributed by atoms with E-state index in [1.165, 1.54) is 0 Å². The fourth-order valence-corrected chi connectivity index (χ4v) is 2.12. The van der Waals surface area contributed by atoms with Gasteiger partial charge in [0.2, 0.25) is 0 Å². The minimum atomic E-state index is -0.880. The van der Waals surface area contributed by atoms with Crippen molar-refractivity contribution in [3.63, 3.8) is 0 Å². The standard InChI is InChI=1S/C14H14N4O2/c1-9-12(6-14(19)20)10(2)18(17-9)8-11-4-3-5-16-13(11)7-15/h3-5H,6,8H2,1-2H3,(H,19,20). The van der Waals surface area contributed by atoms with Gasteiger partial charge in [0.1, 0.15) is 11.8 Å². The lowest BCUT2D eigenvalue weighted by Gasteiger charge is -2.06. The van der Waals surface area contributed by atoms with Crippen LogP contribution in [-0.4, -0.2) is 25.8 Å². The summed E-state index contributed by atoms with van der Waals surface area (Å²) in [5.74, 6) is -0.880. The van der Waals surface area contributed by atoms with Gasteiger partial charge in [-0.1, -0.05) is 6.07 Å². The molecule has 6 heteroatoms. The molecule has 0 spiro atoms. The van der Waals surface area contributed by atoms with E-state index in [1.807, 2.05) is 19.1 Å². The summed E-state index contributed by atoms with van der Waals surface area (Å²) in [6.45, 7) is 4.03. The lowest BCUT2D eigenvalue weighted by molar-refractivity contribution is -0.136. The van der Waals surface area contributed by atoms with Crippen molar-refractivity contribution in [2.75, 3.05) is 0 Å². The van der Waals surface area contributed by atoms with Gasteiger partial charge in [-0.15, -0.1) is 0 Å². The predicted octanol–water partition coefficient (Wildman–Crippen LogP) is 1.44. The minimum Gasteiger partial charge on any atom is -0.481 e. The molecule has 0 fully saturated rings. The summed E-state index contributed by atoms with van der Waals surface area (Å²) in [6, 6.07) is 5.62. The summed E-state index contributed by atoms with van der Waals surface area (Å²) in [5.41, 5.74) is 3.35. The molecule has 1 N–H and O–H groups in total. The molecular weight excluding hydrogens is 256 g/mol. The van der Waals surface area contributed by atoms with Crippen LogP contribution in [0.2, 0.25) is 0 Å². The Morgan fingerprint density at radius 2 is 2.25 bits per heavy atom. The Morgan fingerprint density at radius 3 is 2.90 bits per heavy atom. The number of carboxylic acid groups (broad SMARTS) is 1. The van der Waals surface area contributed by atoms with Crippen molar-refractivity contribution < 1.29 is 9.90 Å². The third-order valence-corrected chi connectivity index (χ3v) is 3.18. The van der Waals surface area contributed by atoms with E-state index >= 15 is 0 Å². The van der Waals surface area contributed by atoms with Gasteiger partial charge in [0.15, 0.2) is 0 Å². The molecule has 0 saturated heterocycles. The van der Waals surface area contributed by atoms with Gasteiger partial charge in [-0.05, 0) is 19.9 Å². The van der Waals surface area contributed by atoms with Crippen molar-refractivity contribution in [3.8, 4) is 6.07 Å². The topological polar surface area (TPSA) is 91.8 Å². The van der Waals surface area contributed by atoms with E-state index in [9.17, 15) is 4.79 Å². The highest BCUT2D eigenvalue weighted by atomic mass is 16.4. The molecule has 6 nitrogen and oxygen atoms in total. The second kappa shape index (κ2) is 5.53. The molecule has 0 bridgehead atoms. The second-order valence-corrected chi connectivity index (χ2v) is 4.50. The molecule has 0 aromatic carbocycles. The Balaban J connectivity index is 2.36. The average Bonchev–Trinajstić information content (AvgIpc) is 2.67. The van der Waals surface area contributed by atoms with Crippen LogP contribution in [0.3, 0.4) is 0 Å². The van der Waals surface area contributed by atoms with E-state index in [2.05, 4.69) is 10.1 Å². The largest absolute Gasteiger partial charge is 0.481 e. The third-order valence-electron chi connectivity index (χ3n) is 3.18. The van der Waals surface area contributed by atoms with Crippen molar-refractivity contribution >= 4 is 5.97 Å². The molecule has 0 atom stereocenters. The zero-order valence-electron chi connectivity index (χ0n) is 11.3. The summed E-state index contributed by atoms with van der Waals surface area (Å²) >= 11 is 0. The van der Waals surface area contributed by atoms with Crippen molar-refractivity contribution in [3.05, 3.63) is 46.5 Å². The highest BCUT2D eigenvalue weighted by molar-refractivity contribution is 5.70. The molecule has 0 amide bonds. The number of hydrogen-bond acceptors (Lipinski definition) is 4. The minimum absolute atomic E-state index is 0.0458. The molecule has 0 unspecified atom stereocenters. The van der Waals surface area contributed by atoms with Crippen molar-refractivity contribution in [2.24, 2.45) is 0 Å². The highest BCUT2D eigenvalue weighted by Crippen LogP contribution is 2.16. The first-order valence-corrected chi connectivity index (χ1v) is 6.11. The second-order valence-electron chi connectivity index (χ2n) is 4.50. The highest BCUT2D eigenvalue weighted by Gasteiger charge is 2.15. The van der Waals surface area contributed by atoms with Crippen molar-refractivity contribution in [2.45, 2.75) is 26.8 Å². The van der Waals surface area contributed by atoms with Crippen LogP contribution in [0.1, 0.15) is 28.2 Å². The summed E-state index contributed by atoms with van der Waals surface area (Å²) in [6.07, 6.45) is 1.52. The number of carbonyl (C=O) groups is 1. The first-order valence-electron chi connectivity index (χ1n) is 6.11. The van der Waals surface area contributed by atoms with Gasteiger partial charge in [-0.25, -0.2) is 4.98 Å². The van der Waals surface area contributed by atoms with Crippen LogP contribution >= 0.6 is 0 Å². The molecular formula is C14H14N4O2. The summed E-state index contributed by atoms with van der Waals surface area (Å²) < 4.78 is 1.71. The number of hydrogen-bond donors (Lipinski definition) is 1. The van der Waals surface area contributed by atoms with Gasteiger partial charge in [-0.2, -0.15) is 10.4 Å². The van der Waals surface area contributed by atoms with E-state index in [4.69, 9.17) is 10.4 Å². The first kappa shape index (κ1) is 13.7. The quantitative estimate of drug-likeness (QED) is 0.907. The van der Waals surface area contributed by atoms with E-state index in [-0.39, 0.29) is 6.42 Å². The first-order chi connectivity index (χ1) is 9.52. The summed E-state index contributed by atoms with van der Waals surface area (Å²) in [5, 5.41) is 22.3. The van der Waals surface area contributed by atoms with Crippen LogP contribution < -0.4 is 0 Å². The Bertz CT molecular complexity index is 698. The van der Waals surface area contributed by atoms with Gasteiger partial charge in [0.05, 0.1) is 18.7 Å². The average molecular weight is 270 g/mol. The molecule has 0 aliphatic rings. The molecule has 2 heterocycles. The molecule has 0 aliphatic heterocycles. The molecule has 0 saturated carbocycles. The monoisotopic (exact) mass is 270 g/mol. The Kier molecular flexibility index (Phi) is 3.80. The van der Waals surface area contributed by atoms with Crippen LogP contribution in [0.5, 0.6) is 0 Å². The van der Waals surface area contributed by atoms with Crippen LogP contribution in [0.25, 0.3) is 0 Å². The Hall–Kier alpha value is -2.68. The Morgan fingerprint density at radius 1 is 1.50 bits per heavy atom. The predicted molar refractivity (Wildman–Crippen MR) is 71.1 cm³/mol. The van der Waals surface area contributed by atoms with Crippen LogP contribution in [-0.2, 0) is 17.8 Å². The fourth-order valence-electron chi connectivity index (χ4n) is 2.12. The van der Waals surface area contributed by atoms with Crippen molar-refractivity contribution in [1.82, 2.24) is 14.8 Å². The maximum absolute atomic E-state index is 10.9. The fraction of sp³-hybridized carbons (Fsp3) is 0.286. The van der Waals surface area contributed by atoms with Crippen LogP contribution in [0, 0.1) is 25.2 Å². The molecule has 20 heavy (non-hydrogen) atoms. The van der Waals surface area contributed by atoms with E-state index in [1.54, 1.807) is 23.9 Å². The van der Waals surface area contributed by atoms with Crippen LogP contribution in [0.4, 0.5) is 0 Å². The van der Waals surface area contributed by atoms with E-state index in [0.717, 1.165) is 16.8 Å².